The van der Waals surface area contributed by atoms with Crippen molar-refractivity contribution in [2.75, 3.05) is 137 Å². The lowest BCUT2D eigenvalue weighted by atomic mass is 9.93. The zero-order chi connectivity index (χ0) is 56.5. The summed E-state index contributed by atoms with van der Waals surface area (Å²) in [6, 6.07) is 6.80. The molecule has 0 unspecified atom stereocenters. The van der Waals surface area contributed by atoms with E-state index in [0.29, 0.717) is 43.4 Å². The van der Waals surface area contributed by atoms with Gasteiger partial charge in [-0.05, 0) is 55.7 Å². The first-order chi connectivity index (χ1) is 36.8. The van der Waals surface area contributed by atoms with Crippen LogP contribution in [0.15, 0.2) is 36.4 Å². The highest BCUT2D eigenvalue weighted by atomic mass is 32.2. The summed E-state index contributed by atoms with van der Waals surface area (Å²) in [5.41, 5.74) is 1.11. The summed E-state index contributed by atoms with van der Waals surface area (Å²) in [4.78, 5) is 143. The summed E-state index contributed by atoms with van der Waals surface area (Å²) in [6.45, 7) is 1.71. The van der Waals surface area contributed by atoms with E-state index in [1.54, 1.807) is 43.9 Å². The van der Waals surface area contributed by atoms with E-state index in [-0.39, 0.29) is 168 Å². The highest BCUT2D eigenvalue weighted by molar-refractivity contribution is 7.98. The van der Waals surface area contributed by atoms with Crippen LogP contribution in [0.2, 0.25) is 0 Å². The lowest BCUT2D eigenvalue weighted by Gasteiger charge is -2.33. The normalized spacial score (nSPS) is 15.9. The van der Waals surface area contributed by atoms with Gasteiger partial charge in [-0.2, -0.15) is 11.8 Å². The number of rotatable bonds is 38. The Balaban J connectivity index is 1.32. The third kappa shape index (κ3) is 27.8. The first kappa shape index (κ1) is 65.3. The third-order valence-corrected chi connectivity index (χ3v) is 13.4. The number of nitrogens with zero attached hydrogens (tertiary/aromatic N) is 5. The monoisotopic (exact) mass is 1100 g/mol. The number of carbonyl (C=O) groups excluding carboxylic acids is 7. The molecule has 25 heteroatoms. The Labute approximate surface area is 452 Å². The molecule has 0 bridgehead atoms. The summed E-state index contributed by atoms with van der Waals surface area (Å²) in [6.07, 6.45) is 6.05. The Morgan fingerprint density at radius 2 is 1.19 bits per heavy atom. The minimum Gasteiger partial charge on any atom is -0.481 e. The number of unbranched alkanes of at least 4 members (excludes halogenated alkanes) is 1. The molecule has 2 aliphatic heterocycles. The lowest BCUT2D eigenvalue weighted by molar-refractivity contribution is -0.144. The van der Waals surface area contributed by atoms with Gasteiger partial charge in [-0.25, -0.2) is 0 Å². The molecule has 1 saturated heterocycles. The highest BCUT2D eigenvalue weighted by Crippen LogP contribution is 2.19. The topological polar surface area (TPSA) is 325 Å². The Kier molecular flexibility index (Phi) is 31.4. The highest BCUT2D eigenvalue weighted by Gasteiger charge is 2.27. The van der Waals surface area contributed by atoms with Crippen molar-refractivity contribution in [1.29, 1.82) is 0 Å². The predicted octanol–water partition coefficient (Wildman–Crippen LogP) is 0.834. The maximum atomic E-state index is 13.4. The molecule has 0 spiro atoms. The molecule has 0 aromatic heterocycles. The number of carbonyl (C=O) groups is 11. The molecule has 428 valence electrons. The second kappa shape index (κ2) is 37.0. The lowest BCUT2D eigenvalue weighted by Crippen LogP contribution is -2.49. The Hall–Kier alpha value is -5.96. The number of hydrogen-bond acceptors (Lipinski definition) is 18. The van der Waals surface area contributed by atoms with Gasteiger partial charge in [0.25, 0.3) is 11.8 Å². The zero-order valence-electron chi connectivity index (χ0n) is 44.0. The van der Waals surface area contributed by atoms with E-state index in [1.165, 1.54) is 23.9 Å². The van der Waals surface area contributed by atoms with Gasteiger partial charge in [0, 0.05) is 115 Å². The van der Waals surface area contributed by atoms with E-state index in [2.05, 4.69) is 5.32 Å². The number of hydrogen-bond donors (Lipinski definition) is 5. The molecule has 1 aromatic carbocycles. The number of imide groups is 1. The molecular formula is C52H76N6O18S. The Morgan fingerprint density at radius 3 is 1.75 bits per heavy atom. The van der Waals surface area contributed by atoms with Gasteiger partial charge in [0.05, 0.1) is 58.5 Å². The first-order valence-electron chi connectivity index (χ1n) is 25.9. The summed E-state index contributed by atoms with van der Waals surface area (Å²) in [7, 11) is 0. The van der Waals surface area contributed by atoms with Gasteiger partial charge in [-0.1, -0.05) is 24.6 Å². The molecule has 0 aliphatic carbocycles. The number of aryl methyl sites for hydroxylation is 1. The minimum atomic E-state index is -1.17. The van der Waals surface area contributed by atoms with E-state index >= 15 is 0 Å². The summed E-state index contributed by atoms with van der Waals surface area (Å²) < 4.78 is 16.6. The van der Waals surface area contributed by atoms with Crippen LogP contribution in [0.3, 0.4) is 0 Å². The quantitative estimate of drug-likeness (QED) is 0.0348. The van der Waals surface area contributed by atoms with Crippen LogP contribution in [0.4, 0.5) is 0 Å². The number of nitrogens with one attached hydrogen (secondary N) is 1. The molecule has 2 aliphatic rings. The van der Waals surface area contributed by atoms with Gasteiger partial charge in [-0.3, -0.25) is 72.3 Å². The molecule has 1 fully saturated rings. The summed E-state index contributed by atoms with van der Waals surface area (Å²) >= 11 is 1.50. The van der Waals surface area contributed by atoms with Crippen LogP contribution in [0.5, 0.6) is 0 Å². The number of amides is 4. The number of ketones is 3. The molecule has 0 saturated carbocycles. The van der Waals surface area contributed by atoms with Crippen molar-refractivity contribution in [3.8, 4) is 0 Å². The molecule has 4 amide bonds. The smallest absolute Gasteiger partial charge is 0.317 e. The molecule has 77 heavy (non-hydrogen) atoms. The van der Waals surface area contributed by atoms with E-state index < -0.39 is 65.8 Å². The van der Waals surface area contributed by atoms with Gasteiger partial charge in [0.15, 0.2) is 17.3 Å². The molecule has 2 heterocycles. The number of benzene rings is 1. The van der Waals surface area contributed by atoms with Crippen molar-refractivity contribution in [3.05, 3.63) is 47.5 Å². The molecule has 24 nitrogen and oxygen atoms in total. The van der Waals surface area contributed by atoms with Crippen molar-refractivity contribution in [2.24, 2.45) is 11.8 Å². The van der Waals surface area contributed by atoms with Crippen LogP contribution in [0.1, 0.15) is 73.7 Å². The molecule has 1 aromatic rings. The van der Waals surface area contributed by atoms with Gasteiger partial charge in [0.2, 0.25) is 11.8 Å². The maximum absolute atomic E-state index is 13.4. The zero-order valence-corrected chi connectivity index (χ0v) is 44.8. The molecule has 3 rings (SSSR count). The maximum Gasteiger partial charge on any atom is 0.317 e. The molecular weight excluding hydrogens is 1030 g/mol. The average molecular weight is 1110 g/mol. The standard InChI is InChI=1S/C52H76N6O18S/c1-77-29-14-40(51(71)53-33-43(60)31-41(52(72)73)7-2-3-15-58-46(63)12-13-47(58)64)32-44(61)39-8-4-6-38(30-39)10-11-42(59)37-76-28-27-75-26-25-74-24-5-9-45(62)57-22-20-55(35-49(67)68)18-16-54(34-48(65)66)17-19-56(21-23-57)36-50(69)70/h4,6,8,12-13,30,40-41H,2-3,5,7,9-11,14-29,31-37H2,1H3,(H,53,71)(H,65,66)(H,67,68)(H,69,70)(H,72,73)/t40-,41-/m1/s1. The predicted molar refractivity (Wildman–Crippen MR) is 279 cm³/mol. The van der Waals surface area contributed by atoms with Crippen molar-refractivity contribution < 1.29 is 87.4 Å². The van der Waals surface area contributed by atoms with Gasteiger partial charge in [0.1, 0.15) is 6.61 Å². The fraction of sp³-hybridized carbons (Fsp3) is 0.635. The first-order valence-corrected chi connectivity index (χ1v) is 27.3. The van der Waals surface area contributed by atoms with E-state index in [4.69, 9.17) is 14.2 Å². The number of aliphatic carboxylic acids is 4. The fourth-order valence-corrected chi connectivity index (χ4v) is 8.95. The summed E-state index contributed by atoms with van der Waals surface area (Å²) in [5, 5.41) is 40.5. The number of carboxylic acids is 4. The molecule has 0 radical (unpaired) electrons. The van der Waals surface area contributed by atoms with Crippen LogP contribution < -0.4 is 5.32 Å². The van der Waals surface area contributed by atoms with E-state index in [1.807, 2.05) is 6.26 Å². The second-order valence-corrected chi connectivity index (χ2v) is 19.8. The molecule has 2 atom stereocenters. The summed E-state index contributed by atoms with van der Waals surface area (Å²) in [5.74, 6) is -7.97. The number of carboxylic acid groups (broad SMARTS) is 4. The van der Waals surface area contributed by atoms with Crippen molar-refractivity contribution in [3.63, 3.8) is 0 Å². The van der Waals surface area contributed by atoms with Crippen molar-refractivity contribution in [2.45, 2.75) is 64.2 Å². The van der Waals surface area contributed by atoms with Crippen molar-refractivity contribution >= 4 is 76.6 Å². The van der Waals surface area contributed by atoms with E-state index in [0.717, 1.165) is 10.5 Å². The average Bonchev–Trinajstić information content (AvgIpc) is 3.70. The Bertz CT molecular complexity index is 2130. The molecule has 5 N–H and O–H groups in total. The van der Waals surface area contributed by atoms with Crippen molar-refractivity contribution in [1.82, 2.24) is 29.8 Å². The number of Topliss-reactive ketones (excluding diaryl/α,β-unsaturated/α-hetero) is 3. The largest absolute Gasteiger partial charge is 0.481 e. The van der Waals surface area contributed by atoms with E-state index in [9.17, 15) is 73.2 Å². The fourth-order valence-electron chi connectivity index (χ4n) is 8.43. The van der Waals surface area contributed by atoms with Crippen LogP contribution >= 0.6 is 11.8 Å². The van der Waals surface area contributed by atoms with Gasteiger partial charge < -0.3 is 44.9 Å². The van der Waals surface area contributed by atoms with Crippen LogP contribution in [0, 0.1) is 11.8 Å². The third-order valence-electron chi connectivity index (χ3n) is 12.7. The number of thioether (sulfide) groups is 1. The second-order valence-electron chi connectivity index (χ2n) is 18.8. The minimum absolute atomic E-state index is 0.125. The van der Waals surface area contributed by atoms with Gasteiger partial charge >= 0.3 is 23.9 Å². The SMILES string of the molecule is CSCC[C@H](CC(=O)c1cccc(CCC(=O)COCCOCCOCCCC(=O)N2CCN(CC(=O)O)CCN(CC(=O)O)CCN(CC(=O)O)CC2)c1)C(=O)NCC(=O)C[C@@H](CCCCN1C(=O)C=CC1=O)C(=O)O. The van der Waals surface area contributed by atoms with Gasteiger partial charge in [-0.15, -0.1) is 0 Å². The Morgan fingerprint density at radius 1 is 0.636 bits per heavy atom. The number of ether oxygens (including phenoxy) is 3. The van der Waals surface area contributed by atoms with Crippen LogP contribution in [-0.4, -0.2) is 247 Å². The van der Waals surface area contributed by atoms with Crippen LogP contribution in [0.25, 0.3) is 0 Å². The van der Waals surface area contributed by atoms with Crippen LogP contribution in [-0.2, 0) is 68.6 Å².